The highest BCUT2D eigenvalue weighted by atomic mass is 35.5. The van der Waals surface area contributed by atoms with Crippen molar-refractivity contribution in [1.29, 1.82) is 0 Å². The van der Waals surface area contributed by atoms with Crippen LogP contribution in [0.15, 0.2) is 0 Å². The zero-order valence-electron chi connectivity index (χ0n) is 7.67. The molecule has 0 radical (unpaired) electrons. The van der Waals surface area contributed by atoms with Crippen LogP contribution >= 0.6 is 12.4 Å². The Kier molecular flexibility index (Phi) is 5.25. The van der Waals surface area contributed by atoms with Gasteiger partial charge in [-0.2, -0.15) is 0 Å². The minimum absolute atomic E-state index is 0. The fourth-order valence-corrected chi connectivity index (χ4v) is 1.41. The normalized spacial score (nSPS) is 23.2. The van der Waals surface area contributed by atoms with Crippen molar-refractivity contribution in [3.8, 4) is 0 Å². The van der Waals surface area contributed by atoms with Crippen LogP contribution in [-0.4, -0.2) is 36.5 Å². The van der Waals surface area contributed by atoms with Crippen LogP contribution in [0.1, 0.15) is 20.3 Å². The van der Waals surface area contributed by atoms with Gasteiger partial charge in [0.1, 0.15) is 0 Å². The van der Waals surface area contributed by atoms with Crippen molar-refractivity contribution in [2.24, 2.45) is 0 Å². The van der Waals surface area contributed by atoms with E-state index in [2.05, 4.69) is 12.2 Å². The van der Waals surface area contributed by atoms with Gasteiger partial charge < -0.3 is 10.2 Å². The summed E-state index contributed by atoms with van der Waals surface area (Å²) in [7, 11) is 0. The minimum atomic E-state index is 0. The molecule has 1 saturated heterocycles. The average Bonchev–Trinajstić information content (AvgIpc) is 2.04. The molecular weight excluding hydrogens is 176 g/mol. The molecule has 0 bridgehead atoms. The summed E-state index contributed by atoms with van der Waals surface area (Å²) in [6.07, 6.45) is 0.629. The van der Waals surface area contributed by atoms with Gasteiger partial charge in [0.15, 0.2) is 0 Å². The van der Waals surface area contributed by atoms with Crippen LogP contribution in [0.3, 0.4) is 0 Å². The van der Waals surface area contributed by atoms with Gasteiger partial charge in [-0.05, 0) is 6.92 Å². The first-order valence-electron chi connectivity index (χ1n) is 4.26. The first-order valence-corrected chi connectivity index (χ1v) is 4.26. The van der Waals surface area contributed by atoms with Crippen molar-refractivity contribution in [3.05, 3.63) is 0 Å². The van der Waals surface area contributed by atoms with Crippen LogP contribution in [0.2, 0.25) is 0 Å². The molecule has 1 rings (SSSR count). The summed E-state index contributed by atoms with van der Waals surface area (Å²) in [4.78, 5) is 13.2. The van der Waals surface area contributed by atoms with Crippen LogP contribution in [0.4, 0.5) is 0 Å². The number of amides is 1. The Hall–Kier alpha value is -0.280. The number of halogens is 1. The highest BCUT2D eigenvalue weighted by molar-refractivity contribution is 5.85. The molecule has 0 aromatic rings. The summed E-state index contributed by atoms with van der Waals surface area (Å²) in [5.41, 5.74) is 0. The second-order valence-electron chi connectivity index (χ2n) is 2.99. The van der Waals surface area contributed by atoms with Crippen LogP contribution in [-0.2, 0) is 4.79 Å². The van der Waals surface area contributed by atoms with Gasteiger partial charge in [-0.3, -0.25) is 4.79 Å². The van der Waals surface area contributed by atoms with Crippen molar-refractivity contribution in [2.45, 2.75) is 26.3 Å². The summed E-state index contributed by atoms with van der Waals surface area (Å²) in [5.74, 6) is 0.277. The molecule has 1 amide bonds. The molecule has 12 heavy (non-hydrogen) atoms. The second-order valence-corrected chi connectivity index (χ2v) is 2.99. The fraction of sp³-hybridized carbons (Fsp3) is 0.875. The first-order chi connectivity index (χ1) is 5.25. The Morgan fingerprint density at radius 3 is 2.83 bits per heavy atom. The topological polar surface area (TPSA) is 32.3 Å². The highest BCUT2D eigenvalue weighted by Gasteiger charge is 2.20. The van der Waals surface area contributed by atoms with Gasteiger partial charge >= 0.3 is 0 Å². The maximum absolute atomic E-state index is 11.3. The van der Waals surface area contributed by atoms with E-state index in [-0.39, 0.29) is 18.3 Å². The molecule has 0 aromatic heterocycles. The van der Waals surface area contributed by atoms with Gasteiger partial charge in [-0.25, -0.2) is 0 Å². The standard InChI is InChI=1S/C8H16N2O.ClH/c1-3-8(11)10-5-4-9-6-7(10)2;/h7,9H,3-6H2,1-2H3;1H/t7-;/m1./s1. The minimum Gasteiger partial charge on any atom is -0.337 e. The van der Waals surface area contributed by atoms with E-state index >= 15 is 0 Å². The maximum atomic E-state index is 11.3. The molecule has 1 aliphatic heterocycles. The van der Waals surface area contributed by atoms with Gasteiger partial charge in [-0.1, -0.05) is 6.92 Å². The van der Waals surface area contributed by atoms with Crippen LogP contribution < -0.4 is 5.32 Å². The Bertz CT molecular complexity index is 152. The number of carbonyl (C=O) groups excluding carboxylic acids is 1. The lowest BCUT2D eigenvalue weighted by Crippen LogP contribution is -2.52. The molecule has 4 heteroatoms. The molecule has 1 aliphatic rings. The third-order valence-electron chi connectivity index (χ3n) is 2.12. The fourth-order valence-electron chi connectivity index (χ4n) is 1.41. The van der Waals surface area contributed by atoms with Crippen molar-refractivity contribution in [2.75, 3.05) is 19.6 Å². The van der Waals surface area contributed by atoms with Gasteiger partial charge in [0.25, 0.3) is 0 Å². The van der Waals surface area contributed by atoms with Crippen molar-refractivity contribution in [3.63, 3.8) is 0 Å². The molecule has 1 heterocycles. The molecule has 0 saturated carbocycles. The third-order valence-corrected chi connectivity index (χ3v) is 2.12. The number of hydrogen-bond donors (Lipinski definition) is 1. The van der Waals surface area contributed by atoms with E-state index < -0.39 is 0 Å². The van der Waals surface area contributed by atoms with E-state index in [9.17, 15) is 4.79 Å². The largest absolute Gasteiger partial charge is 0.337 e. The summed E-state index contributed by atoms with van der Waals surface area (Å²) in [6, 6.07) is 0.371. The summed E-state index contributed by atoms with van der Waals surface area (Å²) >= 11 is 0. The molecule has 0 aromatic carbocycles. The zero-order chi connectivity index (χ0) is 8.27. The zero-order valence-corrected chi connectivity index (χ0v) is 8.49. The quantitative estimate of drug-likeness (QED) is 0.662. The lowest BCUT2D eigenvalue weighted by molar-refractivity contribution is -0.133. The van der Waals surface area contributed by atoms with Crippen molar-refractivity contribution >= 4 is 18.3 Å². The smallest absolute Gasteiger partial charge is 0.222 e. The molecule has 0 unspecified atom stereocenters. The predicted octanol–water partition coefficient (Wildman–Crippen LogP) is 0.639. The lowest BCUT2D eigenvalue weighted by Gasteiger charge is -2.33. The van der Waals surface area contributed by atoms with Gasteiger partial charge in [0.2, 0.25) is 5.91 Å². The molecule has 3 nitrogen and oxygen atoms in total. The van der Waals surface area contributed by atoms with Gasteiger partial charge in [-0.15, -0.1) is 12.4 Å². The number of carbonyl (C=O) groups is 1. The second kappa shape index (κ2) is 5.38. The number of nitrogens with one attached hydrogen (secondary N) is 1. The third kappa shape index (κ3) is 2.64. The van der Waals surface area contributed by atoms with Crippen LogP contribution in [0, 0.1) is 0 Å². The molecule has 0 aliphatic carbocycles. The van der Waals surface area contributed by atoms with E-state index in [1.54, 1.807) is 0 Å². The molecule has 0 spiro atoms. The van der Waals surface area contributed by atoms with E-state index in [0.29, 0.717) is 12.5 Å². The number of piperazine rings is 1. The van der Waals surface area contributed by atoms with E-state index in [1.807, 2.05) is 11.8 Å². The van der Waals surface area contributed by atoms with Crippen LogP contribution in [0.25, 0.3) is 0 Å². The molecule has 1 N–H and O–H groups in total. The van der Waals surface area contributed by atoms with Gasteiger partial charge in [0, 0.05) is 32.1 Å². The van der Waals surface area contributed by atoms with Gasteiger partial charge in [0.05, 0.1) is 0 Å². The Balaban J connectivity index is 0.00000121. The van der Waals surface area contributed by atoms with E-state index in [1.165, 1.54) is 0 Å². The molecular formula is C8H17ClN2O. The lowest BCUT2D eigenvalue weighted by atomic mass is 10.2. The Labute approximate surface area is 79.9 Å². The summed E-state index contributed by atoms with van der Waals surface area (Å²) < 4.78 is 0. The summed E-state index contributed by atoms with van der Waals surface area (Å²) in [6.45, 7) is 6.74. The first kappa shape index (κ1) is 11.7. The Morgan fingerprint density at radius 1 is 1.67 bits per heavy atom. The van der Waals surface area contributed by atoms with Crippen molar-refractivity contribution < 1.29 is 4.79 Å². The number of hydrogen-bond acceptors (Lipinski definition) is 2. The SMILES string of the molecule is CCC(=O)N1CCNC[C@H]1C.Cl. The molecule has 1 atom stereocenters. The number of nitrogens with zero attached hydrogens (tertiary/aromatic N) is 1. The van der Waals surface area contributed by atoms with Crippen LogP contribution in [0.5, 0.6) is 0 Å². The Morgan fingerprint density at radius 2 is 2.33 bits per heavy atom. The highest BCUT2D eigenvalue weighted by Crippen LogP contribution is 2.03. The summed E-state index contributed by atoms with van der Waals surface area (Å²) in [5, 5.41) is 3.25. The molecule has 1 fully saturated rings. The van der Waals surface area contributed by atoms with E-state index in [4.69, 9.17) is 0 Å². The number of rotatable bonds is 1. The monoisotopic (exact) mass is 192 g/mol. The van der Waals surface area contributed by atoms with Crippen molar-refractivity contribution in [1.82, 2.24) is 10.2 Å². The predicted molar refractivity (Wildman–Crippen MR) is 51.6 cm³/mol. The molecule has 72 valence electrons. The average molecular weight is 193 g/mol. The maximum Gasteiger partial charge on any atom is 0.222 e. The van der Waals surface area contributed by atoms with E-state index in [0.717, 1.165) is 19.6 Å².